The smallest absolute Gasteiger partial charge is 0.241 e. The summed E-state index contributed by atoms with van der Waals surface area (Å²) in [6.45, 7) is 3.69. The molecule has 1 aromatic heterocycles. The topological polar surface area (TPSA) is 114 Å². The van der Waals surface area contributed by atoms with Crippen molar-refractivity contribution in [3.8, 4) is 0 Å². The van der Waals surface area contributed by atoms with Gasteiger partial charge in [-0.3, -0.25) is 5.10 Å². The van der Waals surface area contributed by atoms with E-state index in [0.29, 0.717) is 15.9 Å². The molecular formula is C12H16BrN5O2S. The fraction of sp³-hybridized carbons (Fsp3) is 0.333. The first-order valence-electron chi connectivity index (χ1n) is 6.22. The van der Waals surface area contributed by atoms with E-state index in [0.717, 1.165) is 5.56 Å². The average Bonchev–Trinajstić information content (AvgIpc) is 2.95. The summed E-state index contributed by atoms with van der Waals surface area (Å²) in [5, 5.41) is 6.35. The van der Waals surface area contributed by atoms with Crippen LogP contribution in [0.5, 0.6) is 0 Å². The van der Waals surface area contributed by atoms with Crippen LogP contribution in [0.2, 0.25) is 0 Å². The Morgan fingerprint density at radius 2 is 2.19 bits per heavy atom. The Hall–Kier alpha value is -1.29. The molecule has 1 unspecified atom stereocenters. The minimum Gasteiger partial charge on any atom is -0.326 e. The van der Waals surface area contributed by atoms with Crippen LogP contribution in [0, 0.1) is 6.92 Å². The summed E-state index contributed by atoms with van der Waals surface area (Å²) in [5.74, 6) is 0.449. The minimum atomic E-state index is -3.69. The van der Waals surface area contributed by atoms with Crippen molar-refractivity contribution < 1.29 is 8.42 Å². The van der Waals surface area contributed by atoms with Crippen LogP contribution in [0.1, 0.15) is 29.9 Å². The molecule has 21 heavy (non-hydrogen) atoms. The molecule has 0 saturated heterocycles. The Bertz CT molecular complexity index is 730. The zero-order chi connectivity index (χ0) is 15.6. The van der Waals surface area contributed by atoms with Gasteiger partial charge in [-0.15, -0.1) is 0 Å². The molecule has 0 amide bonds. The second-order valence-electron chi connectivity index (χ2n) is 4.62. The lowest BCUT2D eigenvalue weighted by molar-refractivity contribution is 0.559. The number of H-pyrrole nitrogens is 1. The van der Waals surface area contributed by atoms with Gasteiger partial charge in [-0.2, -0.15) is 5.10 Å². The first-order chi connectivity index (χ1) is 9.85. The zero-order valence-electron chi connectivity index (χ0n) is 11.6. The van der Waals surface area contributed by atoms with Crippen LogP contribution in [0.4, 0.5) is 0 Å². The van der Waals surface area contributed by atoms with Gasteiger partial charge in [0, 0.05) is 11.0 Å². The number of rotatable bonds is 5. The van der Waals surface area contributed by atoms with Gasteiger partial charge < -0.3 is 5.73 Å². The van der Waals surface area contributed by atoms with E-state index >= 15 is 0 Å². The maximum absolute atomic E-state index is 12.5. The third-order valence-corrected chi connectivity index (χ3v) is 5.55. The fourth-order valence-corrected chi connectivity index (χ4v) is 4.04. The summed E-state index contributed by atoms with van der Waals surface area (Å²) in [4.78, 5) is 4.14. The van der Waals surface area contributed by atoms with Crippen molar-refractivity contribution in [2.45, 2.75) is 31.3 Å². The molecule has 7 nitrogen and oxygen atoms in total. The van der Waals surface area contributed by atoms with Gasteiger partial charge in [0.25, 0.3) is 0 Å². The Kier molecular flexibility index (Phi) is 4.77. The number of benzene rings is 1. The van der Waals surface area contributed by atoms with Crippen molar-refractivity contribution in [2.75, 3.05) is 0 Å². The number of sulfonamides is 1. The Morgan fingerprint density at radius 1 is 1.48 bits per heavy atom. The van der Waals surface area contributed by atoms with Crippen LogP contribution in [-0.4, -0.2) is 23.6 Å². The number of nitrogens with two attached hydrogens (primary N) is 1. The maximum Gasteiger partial charge on any atom is 0.241 e. The van der Waals surface area contributed by atoms with Gasteiger partial charge in [0.2, 0.25) is 10.0 Å². The molecule has 1 heterocycles. The number of nitrogens with zero attached hydrogens (tertiary/aromatic N) is 2. The molecule has 2 rings (SSSR count). The second-order valence-corrected chi connectivity index (χ2v) is 7.16. The van der Waals surface area contributed by atoms with E-state index in [4.69, 9.17) is 5.73 Å². The molecule has 0 bridgehead atoms. The first kappa shape index (κ1) is 16.1. The summed E-state index contributed by atoms with van der Waals surface area (Å²) in [6, 6.07) is 2.88. The van der Waals surface area contributed by atoms with E-state index in [-0.39, 0.29) is 11.4 Å². The highest BCUT2D eigenvalue weighted by molar-refractivity contribution is 9.10. The number of nitrogens with one attached hydrogen (secondary N) is 2. The molecule has 4 N–H and O–H groups in total. The monoisotopic (exact) mass is 373 g/mol. The molecule has 114 valence electrons. The Morgan fingerprint density at radius 3 is 2.76 bits per heavy atom. The highest BCUT2D eigenvalue weighted by atomic mass is 79.9. The largest absolute Gasteiger partial charge is 0.326 e. The number of hydrogen-bond donors (Lipinski definition) is 3. The van der Waals surface area contributed by atoms with Crippen molar-refractivity contribution in [3.05, 3.63) is 39.9 Å². The van der Waals surface area contributed by atoms with Crippen LogP contribution in [0.3, 0.4) is 0 Å². The predicted molar refractivity (Wildman–Crippen MR) is 81.9 cm³/mol. The SMILES string of the molecule is Cc1c(Br)cc(CN)cc1S(=O)(=O)NC(C)c1ncn[nH]1. The molecule has 0 aliphatic rings. The zero-order valence-corrected chi connectivity index (χ0v) is 14.0. The molecule has 0 saturated carbocycles. The highest BCUT2D eigenvalue weighted by Crippen LogP contribution is 2.26. The summed E-state index contributed by atoms with van der Waals surface area (Å²) in [6.07, 6.45) is 1.33. The molecule has 1 atom stereocenters. The summed E-state index contributed by atoms with van der Waals surface area (Å²) in [7, 11) is -3.69. The summed E-state index contributed by atoms with van der Waals surface area (Å²) < 4.78 is 28.4. The van der Waals surface area contributed by atoms with Crippen LogP contribution >= 0.6 is 15.9 Å². The quantitative estimate of drug-likeness (QED) is 0.732. The van der Waals surface area contributed by atoms with Gasteiger partial charge in [-0.05, 0) is 37.1 Å². The predicted octanol–water partition coefficient (Wildman–Crippen LogP) is 1.37. The number of hydrogen-bond acceptors (Lipinski definition) is 5. The third kappa shape index (κ3) is 3.49. The first-order valence-corrected chi connectivity index (χ1v) is 8.49. The Labute approximate surface area is 131 Å². The molecule has 1 aromatic carbocycles. The van der Waals surface area contributed by atoms with Crippen LogP contribution < -0.4 is 10.5 Å². The normalized spacial score (nSPS) is 13.3. The number of aromatic nitrogens is 3. The van der Waals surface area contributed by atoms with Gasteiger partial charge in [0.15, 0.2) is 0 Å². The molecule has 2 aromatic rings. The van der Waals surface area contributed by atoms with E-state index in [1.165, 1.54) is 6.33 Å². The highest BCUT2D eigenvalue weighted by Gasteiger charge is 2.23. The standard InChI is InChI=1S/C12H16BrN5O2S/c1-7-10(13)3-9(5-14)4-11(7)21(19,20)18-8(2)12-15-6-16-17-12/h3-4,6,8,18H,5,14H2,1-2H3,(H,15,16,17). The summed E-state index contributed by atoms with van der Waals surface area (Å²) >= 11 is 3.36. The molecule has 0 fully saturated rings. The van der Waals surface area contributed by atoms with Crippen molar-refractivity contribution in [2.24, 2.45) is 5.73 Å². The lowest BCUT2D eigenvalue weighted by atomic mass is 10.1. The molecule has 0 spiro atoms. The molecule has 0 aliphatic heterocycles. The third-order valence-electron chi connectivity index (χ3n) is 3.06. The maximum atomic E-state index is 12.5. The van der Waals surface area contributed by atoms with E-state index in [1.807, 2.05) is 6.07 Å². The van der Waals surface area contributed by atoms with E-state index in [1.54, 1.807) is 19.9 Å². The number of aromatic amines is 1. The Balaban J connectivity index is 2.38. The van der Waals surface area contributed by atoms with Crippen LogP contribution in [0.25, 0.3) is 0 Å². The van der Waals surface area contributed by atoms with Crippen molar-refractivity contribution in [1.29, 1.82) is 0 Å². The van der Waals surface area contributed by atoms with Gasteiger partial charge >= 0.3 is 0 Å². The van der Waals surface area contributed by atoms with E-state index in [9.17, 15) is 8.42 Å². The van der Waals surface area contributed by atoms with E-state index < -0.39 is 16.1 Å². The lowest BCUT2D eigenvalue weighted by Crippen LogP contribution is -2.28. The average molecular weight is 374 g/mol. The van der Waals surface area contributed by atoms with Crippen molar-refractivity contribution >= 4 is 26.0 Å². The van der Waals surface area contributed by atoms with Crippen molar-refractivity contribution in [1.82, 2.24) is 19.9 Å². The van der Waals surface area contributed by atoms with Gasteiger partial charge in [-0.1, -0.05) is 15.9 Å². The number of halogens is 1. The molecular weight excluding hydrogens is 358 g/mol. The van der Waals surface area contributed by atoms with Crippen molar-refractivity contribution in [3.63, 3.8) is 0 Å². The van der Waals surface area contributed by atoms with Crippen LogP contribution in [-0.2, 0) is 16.6 Å². The van der Waals surface area contributed by atoms with Gasteiger partial charge in [-0.25, -0.2) is 18.1 Å². The van der Waals surface area contributed by atoms with E-state index in [2.05, 4.69) is 35.8 Å². The van der Waals surface area contributed by atoms with Gasteiger partial charge in [0.1, 0.15) is 12.2 Å². The molecule has 0 aliphatic carbocycles. The second kappa shape index (κ2) is 6.22. The molecule has 9 heteroatoms. The minimum absolute atomic E-state index is 0.198. The van der Waals surface area contributed by atoms with Gasteiger partial charge in [0.05, 0.1) is 10.9 Å². The van der Waals surface area contributed by atoms with Crippen LogP contribution in [0.15, 0.2) is 27.8 Å². The fourth-order valence-electron chi connectivity index (χ4n) is 1.88. The molecule has 0 radical (unpaired) electrons. The summed E-state index contributed by atoms with van der Waals surface area (Å²) in [5.41, 5.74) is 6.97. The lowest BCUT2D eigenvalue weighted by Gasteiger charge is -2.15.